The van der Waals surface area contributed by atoms with Gasteiger partial charge >= 0.3 is 0 Å². The number of hydrogen-bond donors (Lipinski definition) is 2. The van der Waals surface area contributed by atoms with Crippen LogP contribution in [0.15, 0.2) is 24.5 Å². The van der Waals surface area contributed by atoms with Crippen molar-refractivity contribution < 1.29 is 4.79 Å². The van der Waals surface area contributed by atoms with Gasteiger partial charge in [-0.2, -0.15) is 0 Å². The summed E-state index contributed by atoms with van der Waals surface area (Å²) in [6, 6.07) is 4.99. The molecular weight excluding hydrogens is 240 g/mol. The highest BCUT2D eigenvalue weighted by atomic mass is 16.1. The fourth-order valence-electron chi connectivity index (χ4n) is 2.92. The standard InChI is InChI=1S/C14H20N4O/c19-14-9-12(10-16-14)17-11-3-7-18(8-4-11)13-1-5-15-6-2-13/h1-2,5-6,11-12,17H,3-4,7-10H2,(H,16,19). The highest BCUT2D eigenvalue weighted by molar-refractivity contribution is 5.78. The molecule has 1 unspecified atom stereocenters. The average Bonchev–Trinajstić information content (AvgIpc) is 2.86. The van der Waals surface area contributed by atoms with Crippen molar-refractivity contribution in [3.8, 4) is 0 Å². The van der Waals surface area contributed by atoms with E-state index in [9.17, 15) is 4.79 Å². The van der Waals surface area contributed by atoms with Crippen LogP contribution in [0.4, 0.5) is 5.69 Å². The molecule has 3 heterocycles. The van der Waals surface area contributed by atoms with Gasteiger partial charge in [-0.05, 0) is 25.0 Å². The summed E-state index contributed by atoms with van der Waals surface area (Å²) in [5.41, 5.74) is 1.26. The van der Waals surface area contributed by atoms with Gasteiger partial charge in [0.25, 0.3) is 0 Å². The zero-order valence-corrected chi connectivity index (χ0v) is 11.0. The second-order valence-corrected chi connectivity index (χ2v) is 5.34. The van der Waals surface area contributed by atoms with Crippen molar-refractivity contribution in [2.45, 2.75) is 31.3 Å². The Labute approximate surface area is 113 Å². The number of pyridine rings is 1. The molecule has 102 valence electrons. The van der Waals surface area contributed by atoms with Crippen LogP contribution in [0.25, 0.3) is 0 Å². The predicted octanol–water partition coefficient (Wildman–Crippen LogP) is 0.528. The number of amides is 1. The molecule has 1 atom stereocenters. The van der Waals surface area contributed by atoms with Crippen molar-refractivity contribution in [1.82, 2.24) is 15.6 Å². The van der Waals surface area contributed by atoms with Gasteiger partial charge in [0.2, 0.25) is 5.91 Å². The number of carbonyl (C=O) groups excluding carboxylic acids is 1. The SMILES string of the molecule is O=C1CC(NC2CCN(c3ccncc3)CC2)CN1. The van der Waals surface area contributed by atoms with Crippen LogP contribution in [0.1, 0.15) is 19.3 Å². The van der Waals surface area contributed by atoms with Crippen LogP contribution in [0, 0.1) is 0 Å². The summed E-state index contributed by atoms with van der Waals surface area (Å²) < 4.78 is 0. The lowest BCUT2D eigenvalue weighted by Crippen LogP contribution is -2.46. The van der Waals surface area contributed by atoms with E-state index in [2.05, 4.69) is 32.7 Å². The van der Waals surface area contributed by atoms with Gasteiger partial charge in [-0.1, -0.05) is 0 Å². The van der Waals surface area contributed by atoms with E-state index in [1.807, 2.05) is 12.4 Å². The Bertz CT molecular complexity index is 428. The molecule has 5 heteroatoms. The molecule has 1 amide bonds. The average molecular weight is 260 g/mol. The molecule has 2 fully saturated rings. The van der Waals surface area contributed by atoms with Crippen molar-refractivity contribution in [2.75, 3.05) is 24.5 Å². The maximum absolute atomic E-state index is 11.2. The smallest absolute Gasteiger partial charge is 0.221 e. The van der Waals surface area contributed by atoms with Crippen molar-refractivity contribution in [3.63, 3.8) is 0 Å². The molecule has 1 aromatic rings. The molecule has 0 radical (unpaired) electrons. The summed E-state index contributed by atoms with van der Waals surface area (Å²) in [7, 11) is 0. The van der Waals surface area contributed by atoms with E-state index in [0.717, 1.165) is 32.5 Å². The van der Waals surface area contributed by atoms with Crippen LogP contribution < -0.4 is 15.5 Å². The van der Waals surface area contributed by atoms with Crippen LogP contribution in [0.5, 0.6) is 0 Å². The molecule has 3 rings (SSSR count). The minimum absolute atomic E-state index is 0.173. The summed E-state index contributed by atoms with van der Waals surface area (Å²) >= 11 is 0. The zero-order valence-electron chi connectivity index (χ0n) is 11.0. The summed E-state index contributed by atoms with van der Waals surface area (Å²) in [4.78, 5) is 17.6. The fourth-order valence-corrected chi connectivity index (χ4v) is 2.92. The van der Waals surface area contributed by atoms with E-state index in [1.165, 1.54) is 5.69 Å². The Kier molecular flexibility index (Phi) is 3.64. The second-order valence-electron chi connectivity index (χ2n) is 5.34. The van der Waals surface area contributed by atoms with Crippen LogP contribution in [-0.4, -0.2) is 42.6 Å². The lowest BCUT2D eigenvalue weighted by molar-refractivity contribution is -0.119. The Morgan fingerprint density at radius 2 is 1.95 bits per heavy atom. The number of nitrogens with zero attached hydrogens (tertiary/aromatic N) is 2. The summed E-state index contributed by atoms with van der Waals surface area (Å²) in [5, 5.41) is 6.47. The monoisotopic (exact) mass is 260 g/mol. The molecule has 2 N–H and O–H groups in total. The topological polar surface area (TPSA) is 57.3 Å². The molecule has 2 saturated heterocycles. The minimum atomic E-state index is 0.173. The van der Waals surface area contributed by atoms with E-state index >= 15 is 0 Å². The van der Waals surface area contributed by atoms with Gasteiger partial charge in [0.1, 0.15) is 0 Å². The maximum atomic E-state index is 11.2. The molecular formula is C14H20N4O. The van der Waals surface area contributed by atoms with Gasteiger partial charge in [0.15, 0.2) is 0 Å². The van der Waals surface area contributed by atoms with Crippen molar-refractivity contribution in [1.29, 1.82) is 0 Å². The van der Waals surface area contributed by atoms with Crippen molar-refractivity contribution >= 4 is 11.6 Å². The van der Waals surface area contributed by atoms with Crippen molar-refractivity contribution in [2.24, 2.45) is 0 Å². The first-order valence-electron chi connectivity index (χ1n) is 6.99. The van der Waals surface area contributed by atoms with Crippen LogP contribution in [0.3, 0.4) is 0 Å². The van der Waals surface area contributed by atoms with Gasteiger partial charge in [0.05, 0.1) is 0 Å². The Morgan fingerprint density at radius 1 is 1.21 bits per heavy atom. The number of hydrogen-bond acceptors (Lipinski definition) is 4. The van der Waals surface area contributed by atoms with Gasteiger partial charge in [0, 0.05) is 56.2 Å². The third-order valence-electron chi connectivity index (χ3n) is 3.97. The second kappa shape index (κ2) is 5.57. The number of piperidine rings is 1. The first-order valence-corrected chi connectivity index (χ1v) is 6.99. The third-order valence-corrected chi connectivity index (χ3v) is 3.97. The Hall–Kier alpha value is -1.62. The first kappa shape index (κ1) is 12.4. The van der Waals surface area contributed by atoms with E-state index in [1.54, 1.807) is 0 Å². The first-order chi connectivity index (χ1) is 9.31. The predicted molar refractivity (Wildman–Crippen MR) is 74.0 cm³/mol. The van der Waals surface area contributed by atoms with Gasteiger partial charge in [-0.25, -0.2) is 0 Å². The Balaban J connectivity index is 1.48. The Morgan fingerprint density at radius 3 is 2.58 bits per heavy atom. The van der Waals surface area contributed by atoms with Gasteiger partial charge in [-0.15, -0.1) is 0 Å². The quantitative estimate of drug-likeness (QED) is 0.832. The molecule has 2 aliphatic rings. The van der Waals surface area contributed by atoms with Crippen LogP contribution >= 0.6 is 0 Å². The largest absolute Gasteiger partial charge is 0.371 e. The molecule has 0 aromatic carbocycles. The normalized spacial score (nSPS) is 24.5. The molecule has 2 aliphatic heterocycles. The minimum Gasteiger partial charge on any atom is -0.371 e. The van der Waals surface area contributed by atoms with Crippen LogP contribution in [0.2, 0.25) is 0 Å². The molecule has 19 heavy (non-hydrogen) atoms. The van der Waals surface area contributed by atoms with Gasteiger partial charge in [-0.3, -0.25) is 9.78 Å². The lowest BCUT2D eigenvalue weighted by atomic mass is 10.0. The fraction of sp³-hybridized carbons (Fsp3) is 0.571. The number of rotatable bonds is 3. The molecule has 1 aromatic heterocycles. The van der Waals surface area contributed by atoms with E-state index < -0.39 is 0 Å². The number of aromatic nitrogens is 1. The summed E-state index contributed by atoms with van der Waals surface area (Å²) in [6.45, 7) is 2.91. The molecule has 0 aliphatic carbocycles. The van der Waals surface area contributed by atoms with Crippen LogP contribution in [-0.2, 0) is 4.79 Å². The maximum Gasteiger partial charge on any atom is 0.221 e. The van der Waals surface area contributed by atoms with Gasteiger partial charge < -0.3 is 15.5 Å². The molecule has 0 bridgehead atoms. The molecule has 0 saturated carbocycles. The highest BCUT2D eigenvalue weighted by Crippen LogP contribution is 2.19. The number of nitrogens with one attached hydrogen (secondary N) is 2. The molecule has 0 spiro atoms. The molecule has 5 nitrogen and oxygen atoms in total. The highest BCUT2D eigenvalue weighted by Gasteiger charge is 2.26. The van der Waals surface area contributed by atoms with E-state index in [4.69, 9.17) is 0 Å². The summed E-state index contributed by atoms with van der Waals surface area (Å²) in [5.74, 6) is 0.173. The lowest BCUT2D eigenvalue weighted by Gasteiger charge is -2.35. The van der Waals surface area contributed by atoms with E-state index in [0.29, 0.717) is 18.5 Å². The zero-order chi connectivity index (χ0) is 13.1. The van der Waals surface area contributed by atoms with E-state index in [-0.39, 0.29) is 5.91 Å². The third kappa shape index (κ3) is 3.04. The number of anilines is 1. The number of carbonyl (C=O) groups is 1. The summed E-state index contributed by atoms with van der Waals surface area (Å²) in [6.07, 6.45) is 6.58. The van der Waals surface area contributed by atoms with Crippen molar-refractivity contribution in [3.05, 3.63) is 24.5 Å².